The molecule has 2 N–H and O–H groups in total. The fourth-order valence-corrected chi connectivity index (χ4v) is 4.80. The monoisotopic (exact) mass is 404 g/mol. The number of hydrogen-bond donors (Lipinski definition) is 2. The minimum absolute atomic E-state index is 0.367. The van der Waals surface area contributed by atoms with Crippen LogP contribution in [0.2, 0.25) is 0 Å². The maximum atomic E-state index is 12.7. The van der Waals surface area contributed by atoms with E-state index in [2.05, 4.69) is 20.7 Å². The van der Waals surface area contributed by atoms with Gasteiger partial charge in [0.2, 0.25) is 10.0 Å². The van der Waals surface area contributed by atoms with E-state index in [-0.39, 0.29) is 0 Å². The molecule has 0 aliphatic carbocycles. The van der Waals surface area contributed by atoms with Crippen LogP contribution in [0.15, 0.2) is 52.5 Å². The molecule has 0 spiro atoms. The first-order valence-corrected chi connectivity index (χ1v) is 10.9. The molecular weight excluding hydrogens is 376 g/mol. The van der Waals surface area contributed by atoms with Gasteiger partial charge in [0.15, 0.2) is 5.96 Å². The molecule has 0 saturated carbocycles. The molecule has 1 aromatic carbocycles. The Balaban J connectivity index is 1.45. The molecule has 0 bridgehead atoms. The quantitative estimate of drug-likeness (QED) is 0.557. The molecule has 8 nitrogen and oxygen atoms in total. The lowest BCUT2D eigenvalue weighted by Crippen LogP contribution is -2.44. The molecule has 0 radical (unpaired) electrons. The highest BCUT2D eigenvalue weighted by Gasteiger charge is 2.29. The number of aryl methyl sites for hydroxylation is 1. The Hall–Kier alpha value is -2.39. The van der Waals surface area contributed by atoms with Crippen molar-refractivity contribution in [1.82, 2.24) is 24.7 Å². The number of piperidine rings is 1. The zero-order valence-electron chi connectivity index (χ0n) is 16.4. The Morgan fingerprint density at radius 3 is 2.50 bits per heavy atom. The van der Waals surface area contributed by atoms with Crippen molar-refractivity contribution < 1.29 is 8.42 Å². The summed E-state index contributed by atoms with van der Waals surface area (Å²) in [6, 6.07) is 10.6. The van der Waals surface area contributed by atoms with Gasteiger partial charge >= 0.3 is 0 Å². The van der Waals surface area contributed by atoms with Crippen molar-refractivity contribution in [1.29, 1.82) is 0 Å². The normalized spacial score (nSPS) is 16.9. The number of nitrogens with zero attached hydrogens (tertiary/aromatic N) is 4. The highest BCUT2D eigenvalue weighted by atomic mass is 32.2. The molecule has 0 atom stereocenters. The second kappa shape index (κ2) is 9.20. The van der Waals surface area contributed by atoms with Crippen molar-refractivity contribution in [2.75, 3.05) is 26.7 Å². The molecule has 1 aliphatic rings. The van der Waals surface area contributed by atoms with Gasteiger partial charge in [0.1, 0.15) is 0 Å². The summed E-state index contributed by atoms with van der Waals surface area (Å²) in [5.41, 5.74) is 1.07. The second-order valence-corrected chi connectivity index (χ2v) is 8.85. The number of hydrogen-bond acceptors (Lipinski definition) is 4. The summed E-state index contributed by atoms with van der Waals surface area (Å²) >= 11 is 0. The fraction of sp³-hybridized carbons (Fsp3) is 0.474. The summed E-state index contributed by atoms with van der Waals surface area (Å²) in [5.74, 6) is 1.15. The molecular formula is C19H28N6O2S. The van der Waals surface area contributed by atoms with Gasteiger partial charge in [0.05, 0.1) is 17.1 Å². The van der Waals surface area contributed by atoms with Crippen LogP contribution in [0.1, 0.15) is 18.5 Å². The topological polar surface area (TPSA) is 91.6 Å². The predicted octanol–water partition coefficient (Wildman–Crippen LogP) is 1.19. The van der Waals surface area contributed by atoms with Gasteiger partial charge in [-0.1, -0.05) is 18.2 Å². The zero-order valence-corrected chi connectivity index (χ0v) is 17.2. The van der Waals surface area contributed by atoms with Gasteiger partial charge in [-0.3, -0.25) is 9.67 Å². The van der Waals surface area contributed by atoms with E-state index in [1.165, 1.54) is 0 Å². The van der Waals surface area contributed by atoms with Crippen molar-refractivity contribution in [2.24, 2.45) is 18.0 Å². The number of aromatic nitrogens is 2. The molecule has 0 amide bonds. The van der Waals surface area contributed by atoms with Crippen LogP contribution >= 0.6 is 0 Å². The first-order valence-electron chi connectivity index (χ1n) is 9.47. The molecule has 2 heterocycles. The van der Waals surface area contributed by atoms with Crippen LogP contribution in [0.5, 0.6) is 0 Å². The molecule has 28 heavy (non-hydrogen) atoms. The van der Waals surface area contributed by atoms with E-state index in [4.69, 9.17) is 0 Å². The van der Waals surface area contributed by atoms with Crippen LogP contribution in [0.25, 0.3) is 0 Å². The molecule has 1 aromatic heterocycles. The Bertz CT molecular complexity index is 886. The average Bonchev–Trinajstić information content (AvgIpc) is 3.14. The molecule has 152 valence electrons. The third-order valence-electron chi connectivity index (χ3n) is 5.10. The van der Waals surface area contributed by atoms with E-state index in [0.29, 0.717) is 30.4 Å². The van der Waals surface area contributed by atoms with Gasteiger partial charge in [-0.15, -0.1) is 0 Å². The van der Waals surface area contributed by atoms with E-state index < -0.39 is 10.0 Å². The number of rotatable bonds is 6. The molecule has 2 aromatic rings. The average molecular weight is 405 g/mol. The summed E-state index contributed by atoms with van der Waals surface area (Å²) < 4.78 is 28.8. The van der Waals surface area contributed by atoms with E-state index in [0.717, 1.165) is 31.0 Å². The van der Waals surface area contributed by atoms with Crippen molar-refractivity contribution in [3.8, 4) is 0 Å². The molecule has 3 rings (SSSR count). The van der Waals surface area contributed by atoms with Crippen LogP contribution in [0, 0.1) is 5.92 Å². The molecule has 9 heteroatoms. The second-order valence-electron chi connectivity index (χ2n) is 6.91. The van der Waals surface area contributed by atoms with Crippen LogP contribution in [-0.2, 0) is 23.6 Å². The number of aliphatic imine (C=N–C) groups is 1. The molecule has 1 saturated heterocycles. The Labute approximate surface area is 166 Å². The Morgan fingerprint density at radius 2 is 1.89 bits per heavy atom. The third-order valence-corrected chi connectivity index (χ3v) is 7.01. The lowest BCUT2D eigenvalue weighted by Gasteiger charge is -2.31. The molecule has 1 fully saturated rings. The highest BCUT2D eigenvalue weighted by Crippen LogP contribution is 2.23. The molecule has 0 unspecified atom stereocenters. The van der Waals surface area contributed by atoms with Gasteiger partial charge in [-0.05, 0) is 37.0 Å². The van der Waals surface area contributed by atoms with Crippen LogP contribution in [0.3, 0.4) is 0 Å². The van der Waals surface area contributed by atoms with Crippen molar-refractivity contribution in [3.05, 3.63) is 48.3 Å². The standard InChI is InChI=1S/C19H28N6O2S/c1-20-19(22-15-17-8-11-23-24(17)2)21-14-16-9-12-25(13-10-16)28(26,27)18-6-4-3-5-7-18/h3-8,11,16H,9-10,12-15H2,1-2H3,(H2,20,21,22). The maximum absolute atomic E-state index is 12.7. The lowest BCUT2D eigenvalue weighted by molar-refractivity contribution is 0.273. The summed E-state index contributed by atoms with van der Waals surface area (Å²) in [7, 11) is 0.260. The minimum atomic E-state index is -3.39. The summed E-state index contributed by atoms with van der Waals surface area (Å²) in [6.07, 6.45) is 3.43. The number of nitrogens with one attached hydrogen (secondary N) is 2. The van der Waals surface area contributed by atoms with Gasteiger partial charge < -0.3 is 10.6 Å². The summed E-state index contributed by atoms with van der Waals surface area (Å²) in [4.78, 5) is 4.62. The SMILES string of the molecule is CN=C(NCc1ccnn1C)NCC1CCN(S(=O)(=O)c2ccccc2)CC1. The largest absolute Gasteiger partial charge is 0.356 e. The van der Waals surface area contributed by atoms with Gasteiger partial charge in [-0.2, -0.15) is 9.40 Å². The third kappa shape index (κ3) is 4.90. The summed E-state index contributed by atoms with van der Waals surface area (Å²) in [6.45, 7) is 2.50. The zero-order chi connectivity index (χ0) is 20.0. The predicted molar refractivity (Wildman–Crippen MR) is 109 cm³/mol. The van der Waals surface area contributed by atoms with E-state index in [1.807, 2.05) is 23.9 Å². The van der Waals surface area contributed by atoms with E-state index >= 15 is 0 Å². The van der Waals surface area contributed by atoms with E-state index in [9.17, 15) is 8.42 Å². The number of guanidine groups is 1. The molecule has 1 aliphatic heterocycles. The van der Waals surface area contributed by atoms with Gasteiger partial charge in [0.25, 0.3) is 0 Å². The fourth-order valence-electron chi connectivity index (χ4n) is 3.31. The first-order chi connectivity index (χ1) is 13.5. The lowest BCUT2D eigenvalue weighted by atomic mass is 9.98. The van der Waals surface area contributed by atoms with E-state index in [1.54, 1.807) is 41.8 Å². The smallest absolute Gasteiger partial charge is 0.243 e. The Kier molecular flexibility index (Phi) is 6.69. The number of sulfonamides is 1. The van der Waals surface area contributed by atoms with Crippen molar-refractivity contribution >= 4 is 16.0 Å². The van der Waals surface area contributed by atoms with Crippen LogP contribution < -0.4 is 10.6 Å². The van der Waals surface area contributed by atoms with Gasteiger partial charge in [0, 0.05) is 39.9 Å². The van der Waals surface area contributed by atoms with Crippen LogP contribution in [0.4, 0.5) is 0 Å². The van der Waals surface area contributed by atoms with Crippen molar-refractivity contribution in [2.45, 2.75) is 24.3 Å². The highest BCUT2D eigenvalue weighted by molar-refractivity contribution is 7.89. The Morgan fingerprint density at radius 1 is 1.18 bits per heavy atom. The first kappa shape index (κ1) is 20.3. The van der Waals surface area contributed by atoms with Gasteiger partial charge in [-0.25, -0.2) is 8.42 Å². The minimum Gasteiger partial charge on any atom is -0.356 e. The maximum Gasteiger partial charge on any atom is 0.243 e. The summed E-state index contributed by atoms with van der Waals surface area (Å²) in [5, 5.41) is 10.8. The number of benzene rings is 1. The van der Waals surface area contributed by atoms with Crippen LogP contribution in [-0.4, -0.2) is 55.1 Å². The van der Waals surface area contributed by atoms with Crippen molar-refractivity contribution in [3.63, 3.8) is 0 Å².